The molecule has 0 bridgehead atoms. The molecule has 0 saturated heterocycles. The average Bonchev–Trinajstić information content (AvgIpc) is 2.44. The molecule has 1 N–H and O–H groups in total. The molecule has 0 aromatic carbocycles. The van der Waals surface area contributed by atoms with E-state index in [1.807, 2.05) is 6.07 Å². The molecule has 0 aliphatic rings. The van der Waals surface area contributed by atoms with Crippen molar-refractivity contribution in [1.29, 1.82) is 0 Å². The Balaban J connectivity index is 2.14. The molecule has 0 aliphatic heterocycles. The summed E-state index contributed by atoms with van der Waals surface area (Å²) in [6.07, 6.45) is 10.4. The lowest BCUT2D eigenvalue weighted by molar-refractivity contribution is 0.305. The van der Waals surface area contributed by atoms with Gasteiger partial charge in [0.05, 0.1) is 6.61 Å². The van der Waals surface area contributed by atoms with Gasteiger partial charge in [0.2, 0.25) is 5.88 Å². The number of hydrogen-bond acceptors (Lipinski definition) is 4. The Bertz CT molecular complexity index is 331. The number of nitrogens with one attached hydrogen (secondary N) is 1. The van der Waals surface area contributed by atoms with E-state index in [0.29, 0.717) is 12.5 Å². The normalized spacial score (nSPS) is 10.4. The van der Waals surface area contributed by atoms with Gasteiger partial charge in [0.25, 0.3) is 0 Å². The van der Waals surface area contributed by atoms with Gasteiger partial charge >= 0.3 is 0 Å². The summed E-state index contributed by atoms with van der Waals surface area (Å²) in [5, 5.41) is 3.32. The molecule has 0 amide bonds. The van der Waals surface area contributed by atoms with Crippen LogP contribution in [0.3, 0.4) is 0 Å². The monoisotopic (exact) mass is 265 g/mol. The lowest BCUT2D eigenvalue weighted by Gasteiger charge is -2.07. The fourth-order valence-electron chi connectivity index (χ4n) is 1.84. The smallest absolute Gasteiger partial charge is 0.218 e. The molecule has 1 aromatic heterocycles. The van der Waals surface area contributed by atoms with Gasteiger partial charge in [-0.05, 0) is 12.8 Å². The van der Waals surface area contributed by atoms with Crippen molar-refractivity contribution in [2.24, 2.45) is 0 Å². The summed E-state index contributed by atoms with van der Waals surface area (Å²) in [5.41, 5.74) is 0. The van der Waals surface area contributed by atoms with Crippen molar-refractivity contribution in [2.45, 2.75) is 58.8 Å². The van der Waals surface area contributed by atoms with Crippen LogP contribution in [0.25, 0.3) is 0 Å². The Labute approximate surface area is 117 Å². The molecule has 0 saturated carbocycles. The highest BCUT2D eigenvalue weighted by Gasteiger charge is 1.98. The lowest BCUT2D eigenvalue weighted by Crippen LogP contribution is -2.05. The Kier molecular flexibility index (Phi) is 8.77. The first-order valence-electron chi connectivity index (χ1n) is 7.55. The van der Waals surface area contributed by atoms with E-state index in [1.165, 1.54) is 38.5 Å². The molecule has 0 unspecified atom stereocenters. The third-order valence-electron chi connectivity index (χ3n) is 2.93. The Hall–Kier alpha value is -1.32. The summed E-state index contributed by atoms with van der Waals surface area (Å²) in [7, 11) is 0. The summed E-state index contributed by atoms with van der Waals surface area (Å²) in [4.78, 5) is 8.27. The Morgan fingerprint density at radius 1 is 1.00 bits per heavy atom. The van der Waals surface area contributed by atoms with Crippen LogP contribution in [-0.4, -0.2) is 23.1 Å². The van der Waals surface area contributed by atoms with Gasteiger partial charge in [-0.1, -0.05) is 46.0 Å². The molecular weight excluding hydrogens is 238 g/mol. The van der Waals surface area contributed by atoms with Crippen LogP contribution in [0.2, 0.25) is 0 Å². The number of rotatable bonds is 11. The Morgan fingerprint density at radius 3 is 2.58 bits per heavy atom. The van der Waals surface area contributed by atoms with Gasteiger partial charge in [0, 0.05) is 12.6 Å². The second kappa shape index (κ2) is 10.6. The second-order valence-electron chi connectivity index (χ2n) is 4.78. The van der Waals surface area contributed by atoms with Gasteiger partial charge in [0.1, 0.15) is 12.1 Å². The molecule has 0 fully saturated rings. The van der Waals surface area contributed by atoms with Crippen molar-refractivity contribution in [2.75, 3.05) is 18.5 Å². The molecule has 1 aromatic rings. The number of aromatic nitrogens is 2. The molecule has 0 atom stereocenters. The predicted octanol–water partition coefficient (Wildman–Crippen LogP) is 4.04. The van der Waals surface area contributed by atoms with E-state index in [4.69, 9.17) is 4.74 Å². The first kappa shape index (κ1) is 15.7. The molecule has 1 rings (SSSR count). The minimum absolute atomic E-state index is 0.655. The zero-order valence-corrected chi connectivity index (χ0v) is 12.3. The molecule has 19 heavy (non-hydrogen) atoms. The van der Waals surface area contributed by atoms with Gasteiger partial charge in [0.15, 0.2) is 0 Å². The minimum Gasteiger partial charge on any atom is -0.478 e. The van der Waals surface area contributed by atoms with Crippen molar-refractivity contribution >= 4 is 5.82 Å². The topological polar surface area (TPSA) is 47.0 Å². The van der Waals surface area contributed by atoms with E-state index in [2.05, 4.69) is 29.1 Å². The van der Waals surface area contributed by atoms with E-state index in [9.17, 15) is 0 Å². The third-order valence-corrected chi connectivity index (χ3v) is 2.93. The molecule has 0 spiro atoms. The highest BCUT2D eigenvalue weighted by molar-refractivity contribution is 5.36. The summed E-state index contributed by atoms with van der Waals surface area (Å²) in [5.74, 6) is 1.51. The third kappa shape index (κ3) is 7.65. The van der Waals surface area contributed by atoms with Crippen LogP contribution in [0.15, 0.2) is 12.4 Å². The van der Waals surface area contributed by atoms with E-state index in [1.54, 1.807) is 6.33 Å². The van der Waals surface area contributed by atoms with Gasteiger partial charge in [-0.25, -0.2) is 9.97 Å². The highest BCUT2D eigenvalue weighted by atomic mass is 16.5. The van der Waals surface area contributed by atoms with Gasteiger partial charge in [-0.15, -0.1) is 0 Å². The van der Waals surface area contributed by atoms with Crippen LogP contribution in [0, 0.1) is 0 Å². The van der Waals surface area contributed by atoms with E-state index < -0.39 is 0 Å². The van der Waals surface area contributed by atoms with Gasteiger partial charge in [-0.3, -0.25) is 0 Å². The summed E-state index contributed by atoms with van der Waals surface area (Å²) < 4.78 is 5.48. The number of hydrogen-bond donors (Lipinski definition) is 1. The van der Waals surface area contributed by atoms with Crippen LogP contribution in [0.5, 0.6) is 5.88 Å². The van der Waals surface area contributed by atoms with E-state index >= 15 is 0 Å². The van der Waals surface area contributed by atoms with Crippen molar-refractivity contribution in [3.05, 3.63) is 12.4 Å². The SMILES string of the molecule is CCCCCCCCNc1cc(OCCC)ncn1. The highest BCUT2D eigenvalue weighted by Crippen LogP contribution is 2.11. The zero-order valence-electron chi connectivity index (χ0n) is 12.3. The summed E-state index contributed by atoms with van der Waals surface area (Å²) >= 11 is 0. The summed E-state index contributed by atoms with van der Waals surface area (Å²) in [6, 6.07) is 1.87. The molecule has 4 nitrogen and oxygen atoms in total. The van der Waals surface area contributed by atoms with E-state index in [0.717, 1.165) is 18.8 Å². The van der Waals surface area contributed by atoms with Gasteiger partial charge < -0.3 is 10.1 Å². The van der Waals surface area contributed by atoms with Crippen LogP contribution in [0.1, 0.15) is 58.8 Å². The van der Waals surface area contributed by atoms with Crippen LogP contribution in [0.4, 0.5) is 5.82 Å². The quantitative estimate of drug-likeness (QED) is 0.613. The maximum atomic E-state index is 5.48. The standard InChI is InChI=1S/C15H27N3O/c1-3-5-6-7-8-9-10-16-14-12-15(18-13-17-14)19-11-4-2/h12-13H,3-11H2,1-2H3,(H,16,17,18). The first-order chi connectivity index (χ1) is 9.36. The van der Waals surface area contributed by atoms with Crippen LogP contribution in [-0.2, 0) is 0 Å². The first-order valence-corrected chi connectivity index (χ1v) is 7.55. The van der Waals surface area contributed by atoms with Gasteiger partial charge in [-0.2, -0.15) is 0 Å². The summed E-state index contributed by atoms with van der Waals surface area (Å²) in [6.45, 7) is 6.00. The fourth-order valence-corrected chi connectivity index (χ4v) is 1.84. The molecule has 4 heteroatoms. The van der Waals surface area contributed by atoms with Crippen molar-refractivity contribution in [3.8, 4) is 5.88 Å². The van der Waals surface area contributed by atoms with Crippen molar-refractivity contribution < 1.29 is 4.74 Å². The fraction of sp³-hybridized carbons (Fsp3) is 0.733. The van der Waals surface area contributed by atoms with Crippen LogP contribution >= 0.6 is 0 Å². The molecule has 0 radical (unpaired) electrons. The van der Waals surface area contributed by atoms with Crippen molar-refractivity contribution in [3.63, 3.8) is 0 Å². The van der Waals surface area contributed by atoms with E-state index in [-0.39, 0.29) is 0 Å². The Morgan fingerprint density at radius 2 is 1.79 bits per heavy atom. The zero-order chi connectivity index (χ0) is 13.8. The number of anilines is 1. The number of nitrogens with zero attached hydrogens (tertiary/aromatic N) is 2. The second-order valence-corrected chi connectivity index (χ2v) is 4.78. The largest absolute Gasteiger partial charge is 0.478 e. The predicted molar refractivity (Wildman–Crippen MR) is 79.7 cm³/mol. The maximum absolute atomic E-state index is 5.48. The number of unbranched alkanes of at least 4 members (excludes halogenated alkanes) is 5. The molecule has 1 heterocycles. The number of ether oxygens (including phenoxy) is 1. The molecule has 108 valence electrons. The average molecular weight is 265 g/mol. The van der Waals surface area contributed by atoms with Crippen LogP contribution < -0.4 is 10.1 Å². The maximum Gasteiger partial charge on any atom is 0.218 e. The molecule has 0 aliphatic carbocycles. The molecular formula is C15H27N3O. The minimum atomic E-state index is 0.655. The van der Waals surface area contributed by atoms with Crippen molar-refractivity contribution in [1.82, 2.24) is 9.97 Å². The lowest BCUT2D eigenvalue weighted by atomic mass is 10.1.